The molecule has 0 spiro atoms. The van der Waals surface area contributed by atoms with Gasteiger partial charge >= 0.3 is 0 Å². The number of fused-ring (bicyclic) bond motifs is 2. The lowest BCUT2D eigenvalue weighted by atomic mass is 10.1. The number of aryl methyl sites for hydroxylation is 2. The molecule has 45 heavy (non-hydrogen) atoms. The number of allylic oxidation sites excluding steroid dienone is 2. The van der Waals surface area contributed by atoms with Crippen LogP contribution in [0.3, 0.4) is 0 Å². The zero-order valence-electron chi connectivity index (χ0n) is 24.9. The molecule has 0 bridgehead atoms. The normalized spacial score (nSPS) is 11.5. The van der Waals surface area contributed by atoms with Crippen LogP contribution >= 0.6 is 0 Å². The number of benzene rings is 2. The summed E-state index contributed by atoms with van der Waals surface area (Å²) in [4.78, 5) is 46.1. The molecule has 3 aromatic heterocycles. The van der Waals surface area contributed by atoms with Gasteiger partial charge in [0.2, 0.25) is 23.7 Å². The van der Waals surface area contributed by atoms with Crippen molar-refractivity contribution in [3.8, 4) is 5.75 Å². The first-order valence-corrected chi connectivity index (χ1v) is 14.2. The number of hydrogen-bond acceptors (Lipinski definition) is 9. The second-order valence-corrected chi connectivity index (χ2v) is 10.2. The van der Waals surface area contributed by atoms with Crippen molar-refractivity contribution in [2.75, 3.05) is 24.3 Å². The zero-order valence-corrected chi connectivity index (χ0v) is 24.9. The number of imidazole rings is 2. The number of carbonyl (C=O) groups is 3. The molecule has 0 radical (unpaired) electrons. The molecular weight excluding hydrogens is 580 g/mol. The second-order valence-electron chi connectivity index (χ2n) is 10.2. The van der Waals surface area contributed by atoms with Gasteiger partial charge in [0.15, 0.2) is 0 Å². The van der Waals surface area contributed by atoms with Gasteiger partial charge in [-0.05, 0) is 50.2 Å². The number of amides is 3. The Morgan fingerprint density at radius 3 is 2.38 bits per heavy atom. The summed E-state index contributed by atoms with van der Waals surface area (Å²) in [6.07, 6.45) is 4.10. The van der Waals surface area contributed by atoms with E-state index in [4.69, 9.17) is 21.9 Å². The first-order chi connectivity index (χ1) is 21.6. The van der Waals surface area contributed by atoms with E-state index in [2.05, 4.69) is 20.4 Å². The first kappa shape index (κ1) is 30.7. The number of nitrogen functional groups attached to an aromatic ring is 1. The topological polar surface area (TPSA) is 224 Å². The molecule has 0 fully saturated rings. The number of nitrogens with two attached hydrogens (primary N) is 3. The highest BCUT2D eigenvalue weighted by molar-refractivity contribution is 6.04. The van der Waals surface area contributed by atoms with Crippen LogP contribution in [0.15, 0.2) is 48.6 Å². The number of rotatable bonds is 13. The minimum absolute atomic E-state index is 0.0810. The van der Waals surface area contributed by atoms with Crippen LogP contribution in [0, 0.1) is 6.92 Å². The number of ether oxygens (including phenoxy) is 1. The summed E-state index contributed by atoms with van der Waals surface area (Å²) in [7, 11) is 0. The van der Waals surface area contributed by atoms with Crippen molar-refractivity contribution in [2.24, 2.45) is 11.5 Å². The highest BCUT2D eigenvalue weighted by Gasteiger charge is 2.21. The van der Waals surface area contributed by atoms with Crippen molar-refractivity contribution in [3.05, 3.63) is 71.1 Å². The summed E-state index contributed by atoms with van der Waals surface area (Å²) in [5.41, 5.74) is 20.9. The molecule has 234 valence electrons. The summed E-state index contributed by atoms with van der Waals surface area (Å²) >= 11 is 0. The monoisotopic (exact) mass is 614 g/mol. The first-order valence-electron chi connectivity index (χ1n) is 14.2. The lowest BCUT2D eigenvalue weighted by Crippen LogP contribution is -2.20. The third-order valence-corrected chi connectivity index (χ3v) is 7.12. The van der Waals surface area contributed by atoms with Gasteiger partial charge in [0.1, 0.15) is 17.0 Å². The molecule has 0 aliphatic heterocycles. The Balaban J connectivity index is 1.52. The van der Waals surface area contributed by atoms with E-state index < -0.39 is 17.7 Å². The maximum absolute atomic E-state index is 13.4. The quantitative estimate of drug-likeness (QED) is 0.0964. The molecule has 8 N–H and O–H groups in total. The van der Waals surface area contributed by atoms with Gasteiger partial charge in [-0.15, -0.1) is 0 Å². The lowest BCUT2D eigenvalue weighted by molar-refractivity contribution is 0.0992. The van der Waals surface area contributed by atoms with Gasteiger partial charge < -0.3 is 36.2 Å². The van der Waals surface area contributed by atoms with E-state index >= 15 is 0 Å². The Bertz CT molecular complexity index is 1950. The Morgan fingerprint density at radius 1 is 0.978 bits per heavy atom. The SMILES string of the molecule is CCn1nc(C)cc1C(=O)Nc1nc2cc(C(N)=O)cc(OCCCO)c2n1C/C=C/Cn1c(N)nc2cc(C(N)=O)ccc21. The Hall–Kier alpha value is -5.70. The highest BCUT2D eigenvalue weighted by Crippen LogP contribution is 2.31. The average Bonchev–Trinajstić information content (AvgIpc) is 3.66. The van der Waals surface area contributed by atoms with Crippen LogP contribution in [0.5, 0.6) is 5.75 Å². The number of nitrogens with one attached hydrogen (secondary N) is 1. The fourth-order valence-electron chi connectivity index (χ4n) is 4.99. The van der Waals surface area contributed by atoms with Crippen LogP contribution in [-0.2, 0) is 19.6 Å². The zero-order chi connectivity index (χ0) is 32.2. The molecule has 5 rings (SSSR count). The predicted molar refractivity (Wildman–Crippen MR) is 168 cm³/mol. The van der Waals surface area contributed by atoms with Crippen molar-refractivity contribution in [3.63, 3.8) is 0 Å². The molecule has 0 saturated heterocycles. The summed E-state index contributed by atoms with van der Waals surface area (Å²) in [5, 5.41) is 16.5. The fraction of sp³-hybridized carbons (Fsp3) is 0.267. The molecule has 3 amide bonds. The third kappa shape index (κ3) is 6.33. The molecular formula is C30H34N10O5. The summed E-state index contributed by atoms with van der Waals surface area (Å²) < 4.78 is 11.1. The number of primary amides is 2. The van der Waals surface area contributed by atoms with Gasteiger partial charge in [0, 0.05) is 43.8 Å². The van der Waals surface area contributed by atoms with Crippen LogP contribution in [0.1, 0.15) is 50.2 Å². The summed E-state index contributed by atoms with van der Waals surface area (Å²) in [6, 6.07) is 9.68. The Morgan fingerprint density at radius 2 is 1.69 bits per heavy atom. The lowest BCUT2D eigenvalue weighted by Gasteiger charge is -2.13. The Labute approximate surface area is 257 Å². The van der Waals surface area contributed by atoms with Crippen LogP contribution < -0.4 is 27.3 Å². The van der Waals surface area contributed by atoms with Crippen molar-refractivity contribution < 1.29 is 24.2 Å². The number of aliphatic hydroxyl groups excluding tert-OH is 1. The molecule has 0 aliphatic rings. The van der Waals surface area contributed by atoms with E-state index in [-0.39, 0.29) is 37.2 Å². The predicted octanol–water partition coefficient (Wildman–Crippen LogP) is 1.96. The van der Waals surface area contributed by atoms with Gasteiger partial charge in [0.05, 0.1) is 28.9 Å². The van der Waals surface area contributed by atoms with Gasteiger partial charge in [-0.2, -0.15) is 5.10 Å². The molecule has 3 heterocycles. The summed E-state index contributed by atoms with van der Waals surface area (Å²) in [5.74, 6) is -0.846. The number of hydrogen-bond donors (Lipinski definition) is 5. The largest absolute Gasteiger partial charge is 0.491 e. The van der Waals surface area contributed by atoms with Crippen LogP contribution in [-0.4, -0.2) is 64.9 Å². The second kappa shape index (κ2) is 12.9. The minimum Gasteiger partial charge on any atom is -0.491 e. The number of anilines is 2. The molecule has 2 aromatic carbocycles. The van der Waals surface area contributed by atoms with E-state index in [0.717, 1.165) is 5.52 Å². The number of carbonyl (C=O) groups excluding carboxylic acids is 3. The van der Waals surface area contributed by atoms with Crippen molar-refractivity contribution >= 4 is 51.7 Å². The maximum Gasteiger partial charge on any atom is 0.276 e. The van der Waals surface area contributed by atoms with Gasteiger partial charge in [-0.25, -0.2) is 9.97 Å². The van der Waals surface area contributed by atoms with E-state index in [1.807, 2.05) is 19.1 Å². The maximum atomic E-state index is 13.4. The number of nitrogens with zero attached hydrogens (tertiary/aromatic N) is 6. The molecule has 0 unspecified atom stereocenters. The fourth-order valence-corrected chi connectivity index (χ4v) is 4.99. The van der Waals surface area contributed by atoms with E-state index in [9.17, 15) is 19.5 Å². The van der Waals surface area contributed by atoms with E-state index in [1.165, 1.54) is 12.1 Å². The van der Waals surface area contributed by atoms with Gasteiger partial charge in [-0.3, -0.25) is 24.4 Å². The van der Waals surface area contributed by atoms with Crippen molar-refractivity contribution in [2.45, 2.75) is 39.9 Å². The van der Waals surface area contributed by atoms with Crippen molar-refractivity contribution in [1.29, 1.82) is 0 Å². The molecule has 15 heteroatoms. The molecule has 15 nitrogen and oxygen atoms in total. The molecule has 5 aromatic rings. The van der Waals surface area contributed by atoms with Crippen LogP contribution in [0.4, 0.5) is 11.9 Å². The van der Waals surface area contributed by atoms with Crippen molar-refractivity contribution in [1.82, 2.24) is 28.9 Å². The highest BCUT2D eigenvalue weighted by atomic mass is 16.5. The number of aromatic nitrogens is 6. The summed E-state index contributed by atoms with van der Waals surface area (Å²) in [6.45, 7) is 4.87. The smallest absolute Gasteiger partial charge is 0.276 e. The minimum atomic E-state index is -0.667. The molecule has 0 aliphatic carbocycles. The van der Waals surface area contributed by atoms with Crippen LogP contribution in [0.2, 0.25) is 0 Å². The van der Waals surface area contributed by atoms with Gasteiger partial charge in [0.25, 0.3) is 5.91 Å². The average molecular weight is 615 g/mol. The van der Waals surface area contributed by atoms with E-state index in [1.54, 1.807) is 45.0 Å². The van der Waals surface area contributed by atoms with Gasteiger partial charge in [-0.1, -0.05) is 12.2 Å². The van der Waals surface area contributed by atoms with Crippen LogP contribution in [0.25, 0.3) is 22.1 Å². The Kier molecular flexibility index (Phi) is 8.81. The number of aliphatic hydroxyl groups is 1. The molecule has 0 atom stereocenters. The third-order valence-electron chi connectivity index (χ3n) is 7.12. The molecule has 0 saturated carbocycles. The van der Waals surface area contributed by atoms with E-state index in [0.29, 0.717) is 58.8 Å². The standard InChI is InChI=1S/C30H34N10O5/c1-3-40-23(13-17(2)37-40)28(44)36-30-35-21-15-19(27(32)43)16-24(45-12-6-11-41)25(21)39(30)10-5-4-9-38-22-8-7-18(26(31)42)14-20(22)34-29(38)33/h4-5,7-8,13-16,41H,3,6,9-12H2,1-2H3,(H2,31,42)(H2,32,43)(H2,33,34)(H,35,36,44)/b5-4+.